The number of benzene rings is 3. The van der Waals surface area contributed by atoms with Crippen molar-refractivity contribution in [2.45, 2.75) is 51.6 Å². The Hall–Kier alpha value is -3.87. The first-order valence-electron chi connectivity index (χ1n) is 12.8. The quantitative estimate of drug-likeness (QED) is 0.351. The number of carbonyl (C=O) groups excluding carboxylic acids is 2. The van der Waals surface area contributed by atoms with Gasteiger partial charge in [0.1, 0.15) is 11.9 Å². The second-order valence-electron chi connectivity index (χ2n) is 9.15. The van der Waals surface area contributed by atoms with Crippen LogP contribution in [0.15, 0.2) is 72.8 Å². The first-order chi connectivity index (χ1) is 18.0. The largest absolute Gasteiger partial charge is 0.454 e. The van der Waals surface area contributed by atoms with Gasteiger partial charge < -0.3 is 19.7 Å². The molecule has 4 rings (SSSR count). The molecule has 7 heteroatoms. The van der Waals surface area contributed by atoms with Crippen LogP contribution in [0.25, 0.3) is 0 Å². The number of unbranched alkanes of at least 4 members (excludes halogenated alkanes) is 1. The Kier molecular flexibility index (Phi) is 9.13. The molecular formula is C30H33FN2O4. The molecule has 1 aliphatic rings. The number of aryl methyl sites for hydroxylation is 1. The molecule has 0 radical (unpaired) electrons. The third-order valence-electron chi connectivity index (χ3n) is 6.46. The molecule has 0 bridgehead atoms. The summed E-state index contributed by atoms with van der Waals surface area (Å²) in [4.78, 5) is 28.6. The summed E-state index contributed by atoms with van der Waals surface area (Å²) in [6.45, 7) is 2.77. The molecule has 194 valence electrons. The van der Waals surface area contributed by atoms with Crippen LogP contribution in [0.3, 0.4) is 0 Å². The molecule has 1 heterocycles. The van der Waals surface area contributed by atoms with Gasteiger partial charge in [-0.15, -0.1) is 0 Å². The molecular weight excluding hydrogens is 471 g/mol. The first-order valence-corrected chi connectivity index (χ1v) is 12.8. The lowest BCUT2D eigenvalue weighted by Gasteiger charge is -2.32. The number of hydrogen-bond acceptors (Lipinski definition) is 4. The van der Waals surface area contributed by atoms with Crippen molar-refractivity contribution in [2.75, 3.05) is 13.3 Å². The molecule has 1 aliphatic heterocycles. The van der Waals surface area contributed by atoms with E-state index < -0.39 is 11.9 Å². The minimum atomic E-state index is -0.775. The monoisotopic (exact) mass is 504 g/mol. The van der Waals surface area contributed by atoms with E-state index in [1.54, 1.807) is 18.2 Å². The summed E-state index contributed by atoms with van der Waals surface area (Å²) in [6, 6.07) is 20.8. The smallest absolute Gasteiger partial charge is 0.243 e. The number of nitrogens with one attached hydrogen (secondary N) is 1. The number of amides is 2. The van der Waals surface area contributed by atoms with Gasteiger partial charge in [0, 0.05) is 31.5 Å². The summed E-state index contributed by atoms with van der Waals surface area (Å²) in [5.41, 5.74) is 2.23. The predicted octanol–water partition coefficient (Wildman–Crippen LogP) is 5.04. The molecule has 1 atom stereocenters. The Bertz CT molecular complexity index is 1200. The summed E-state index contributed by atoms with van der Waals surface area (Å²) >= 11 is 0. The van der Waals surface area contributed by atoms with E-state index >= 15 is 0 Å². The zero-order chi connectivity index (χ0) is 26.0. The third-order valence-corrected chi connectivity index (χ3v) is 6.46. The van der Waals surface area contributed by atoms with E-state index in [1.165, 1.54) is 11.0 Å². The van der Waals surface area contributed by atoms with Crippen LogP contribution in [0.5, 0.6) is 11.5 Å². The van der Waals surface area contributed by atoms with Crippen molar-refractivity contribution in [1.82, 2.24) is 10.2 Å². The number of hydrogen-bond donors (Lipinski definition) is 1. The lowest BCUT2D eigenvalue weighted by Crippen LogP contribution is -2.50. The Morgan fingerprint density at radius 3 is 2.51 bits per heavy atom. The molecule has 2 amide bonds. The van der Waals surface area contributed by atoms with Gasteiger partial charge in [-0.2, -0.15) is 0 Å². The minimum Gasteiger partial charge on any atom is -0.454 e. The van der Waals surface area contributed by atoms with Gasteiger partial charge in [0.25, 0.3) is 0 Å². The first kappa shape index (κ1) is 26.2. The molecule has 0 saturated heterocycles. The maximum atomic E-state index is 14.7. The zero-order valence-electron chi connectivity index (χ0n) is 21.1. The second-order valence-corrected chi connectivity index (χ2v) is 9.15. The Balaban J connectivity index is 1.58. The molecule has 0 fully saturated rings. The van der Waals surface area contributed by atoms with Crippen LogP contribution < -0.4 is 14.8 Å². The molecule has 37 heavy (non-hydrogen) atoms. The minimum absolute atomic E-state index is 0.00530. The number of nitrogens with zero attached hydrogens (tertiary/aromatic N) is 1. The summed E-state index contributed by atoms with van der Waals surface area (Å²) in [5.74, 6) is 0.492. The molecule has 3 aromatic carbocycles. The van der Waals surface area contributed by atoms with Crippen molar-refractivity contribution >= 4 is 11.8 Å². The molecule has 1 N–H and O–H groups in total. The summed E-state index contributed by atoms with van der Waals surface area (Å²) in [5, 5.41) is 2.98. The number of halogens is 1. The van der Waals surface area contributed by atoms with Crippen LogP contribution in [0.1, 0.15) is 42.9 Å². The summed E-state index contributed by atoms with van der Waals surface area (Å²) in [6.07, 6.45) is 2.75. The highest BCUT2D eigenvalue weighted by Crippen LogP contribution is 2.33. The number of rotatable bonds is 12. The van der Waals surface area contributed by atoms with Crippen molar-refractivity contribution < 1.29 is 23.5 Å². The molecule has 6 nitrogen and oxygen atoms in total. The average Bonchev–Trinajstić information content (AvgIpc) is 3.39. The number of ether oxygens (including phenoxy) is 2. The van der Waals surface area contributed by atoms with Crippen molar-refractivity contribution in [3.05, 3.63) is 95.3 Å². The molecule has 0 saturated carbocycles. The van der Waals surface area contributed by atoms with Crippen LogP contribution in [-0.2, 0) is 29.0 Å². The van der Waals surface area contributed by atoms with E-state index in [-0.39, 0.29) is 31.6 Å². The predicted molar refractivity (Wildman–Crippen MR) is 140 cm³/mol. The number of fused-ring (bicyclic) bond motifs is 1. The van der Waals surface area contributed by atoms with Crippen LogP contribution in [0, 0.1) is 5.82 Å². The van der Waals surface area contributed by atoms with Crippen molar-refractivity contribution in [3.8, 4) is 11.5 Å². The number of carbonyl (C=O) groups is 2. The van der Waals surface area contributed by atoms with Gasteiger partial charge in [0.05, 0.1) is 0 Å². The van der Waals surface area contributed by atoms with E-state index in [9.17, 15) is 14.0 Å². The van der Waals surface area contributed by atoms with E-state index in [1.807, 2.05) is 48.5 Å². The topological polar surface area (TPSA) is 67.9 Å². The van der Waals surface area contributed by atoms with Crippen molar-refractivity contribution in [2.24, 2.45) is 0 Å². The maximum absolute atomic E-state index is 14.7. The fourth-order valence-electron chi connectivity index (χ4n) is 4.36. The Labute approximate surface area is 217 Å². The van der Waals surface area contributed by atoms with Crippen LogP contribution >= 0.6 is 0 Å². The molecule has 0 aliphatic carbocycles. The summed E-state index contributed by atoms with van der Waals surface area (Å²) < 4.78 is 25.5. The SMILES string of the molecule is CCCCNC(=O)[C@@H](Cc1ccccc1)N(Cc1ccccc1F)C(=O)CCc1ccc2c(c1)OCO2. The van der Waals surface area contributed by atoms with Gasteiger partial charge in [0.2, 0.25) is 18.6 Å². The van der Waals surface area contributed by atoms with Gasteiger partial charge in [-0.05, 0) is 42.2 Å². The van der Waals surface area contributed by atoms with Crippen LogP contribution in [0.2, 0.25) is 0 Å². The van der Waals surface area contributed by atoms with Gasteiger partial charge in [0.15, 0.2) is 11.5 Å². The van der Waals surface area contributed by atoms with E-state index in [0.717, 1.165) is 24.0 Å². The summed E-state index contributed by atoms with van der Waals surface area (Å²) in [7, 11) is 0. The maximum Gasteiger partial charge on any atom is 0.243 e. The van der Waals surface area contributed by atoms with Gasteiger partial charge >= 0.3 is 0 Å². The standard InChI is InChI=1S/C30H33FN2O4/c1-2-3-17-32-30(35)26(18-22-9-5-4-6-10-22)33(20-24-11-7-8-12-25(24)31)29(34)16-14-23-13-15-27-28(19-23)37-21-36-27/h4-13,15,19,26H,2-3,14,16-18,20-21H2,1H3,(H,32,35)/t26-/m1/s1. The van der Waals surface area contributed by atoms with Crippen LogP contribution in [0.4, 0.5) is 4.39 Å². The highest BCUT2D eigenvalue weighted by atomic mass is 19.1. The van der Waals surface area contributed by atoms with Gasteiger partial charge in [-0.1, -0.05) is 67.9 Å². The van der Waals surface area contributed by atoms with Crippen molar-refractivity contribution in [1.29, 1.82) is 0 Å². The van der Waals surface area contributed by atoms with Gasteiger partial charge in [-0.25, -0.2) is 4.39 Å². The van der Waals surface area contributed by atoms with Gasteiger partial charge in [-0.3, -0.25) is 9.59 Å². The Morgan fingerprint density at radius 1 is 0.973 bits per heavy atom. The fourth-order valence-corrected chi connectivity index (χ4v) is 4.36. The molecule has 3 aromatic rings. The average molecular weight is 505 g/mol. The highest BCUT2D eigenvalue weighted by molar-refractivity contribution is 5.88. The molecule has 0 aromatic heterocycles. The highest BCUT2D eigenvalue weighted by Gasteiger charge is 2.30. The van der Waals surface area contributed by atoms with E-state index in [4.69, 9.17) is 9.47 Å². The normalized spacial score (nSPS) is 12.7. The van der Waals surface area contributed by atoms with Crippen LogP contribution in [-0.4, -0.2) is 36.1 Å². The lowest BCUT2D eigenvalue weighted by molar-refractivity contribution is -0.141. The molecule has 0 spiro atoms. The molecule has 0 unspecified atom stereocenters. The Morgan fingerprint density at radius 2 is 1.73 bits per heavy atom. The lowest BCUT2D eigenvalue weighted by atomic mass is 10.0. The zero-order valence-corrected chi connectivity index (χ0v) is 21.1. The second kappa shape index (κ2) is 12.9. The third kappa shape index (κ3) is 7.09. The van der Waals surface area contributed by atoms with Crippen molar-refractivity contribution in [3.63, 3.8) is 0 Å². The van der Waals surface area contributed by atoms with E-state index in [2.05, 4.69) is 12.2 Å². The van der Waals surface area contributed by atoms with E-state index in [0.29, 0.717) is 36.4 Å². The fraction of sp³-hybridized carbons (Fsp3) is 0.333.